The second-order valence-electron chi connectivity index (χ2n) is 7.40. The van der Waals surface area contributed by atoms with Gasteiger partial charge in [-0.05, 0) is 64.4 Å². The van der Waals surface area contributed by atoms with Gasteiger partial charge in [-0.2, -0.15) is 0 Å². The third kappa shape index (κ3) is 6.03. The van der Waals surface area contributed by atoms with Crippen LogP contribution in [0.1, 0.15) is 35.5 Å². The Labute approximate surface area is 186 Å². The highest BCUT2D eigenvalue weighted by atomic mass is 32.2. The molecule has 0 spiro atoms. The summed E-state index contributed by atoms with van der Waals surface area (Å²) in [4.78, 5) is 20.8. The molecule has 1 aromatic carbocycles. The van der Waals surface area contributed by atoms with Crippen LogP contribution in [-0.4, -0.2) is 36.0 Å². The molecule has 170 valence electrons. The minimum absolute atomic E-state index is 0.0431. The fourth-order valence-corrected chi connectivity index (χ4v) is 3.93. The highest BCUT2D eigenvalue weighted by Gasteiger charge is 2.19. The van der Waals surface area contributed by atoms with Gasteiger partial charge < -0.3 is 15.2 Å². The molecule has 2 heterocycles. The molecule has 1 amide bonds. The topological polar surface area (TPSA) is 139 Å². The molecule has 2 aromatic heterocycles. The third-order valence-electron chi connectivity index (χ3n) is 4.68. The summed E-state index contributed by atoms with van der Waals surface area (Å²) >= 11 is 0. The van der Waals surface area contributed by atoms with Crippen molar-refractivity contribution in [2.24, 2.45) is 0 Å². The average molecular weight is 459 g/mol. The number of benzene rings is 1. The largest absolute Gasteiger partial charge is 0.354 e. The lowest BCUT2D eigenvalue weighted by Gasteiger charge is -2.09. The molecule has 0 fully saturated rings. The summed E-state index contributed by atoms with van der Waals surface area (Å²) < 4.78 is 32.4. The predicted octanol–water partition coefficient (Wildman–Crippen LogP) is 3.33. The molecule has 0 aliphatic carbocycles. The van der Waals surface area contributed by atoms with Gasteiger partial charge in [0.2, 0.25) is 17.7 Å². The number of aryl methyl sites for hydroxylation is 3. The molecule has 0 bridgehead atoms. The molecule has 3 aromatic rings. The molecule has 3 rings (SSSR count). The summed E-state index contributed by atoms with van der Waals surface area (Å²) in [6.45, 7) is 7.79. The molecule has 0 aliphatic heterocycles. The van der Waals surface area contributed by atoms with E-state index >= 15 is 0 Å². The highest BCUT2D eigenvalue weighted by molar-refractivity contribution is 7.92. The minimum atomic E-state index is -3.83. The van der Waals surface area contributed by atoms with Crippen LogP contribution in [0.25, 0.3) is 0 Å². The molecule has 0 aliphatic rings. The van der Waals surface area contributed by atoms with Crippen LogP contribution >= 0.6 is 0 Å². The lowest BCUT2D eigenvalue weighted by molar-refractivity contribution is -0.116. The van der Waals surface area contributed by atoms with Crippen molar-refractivity contribution in [1.29, 1.82) is 0 Å². The van der Waals surface area contributed by atoms with Gasteiger partial charge in [0.15, 0.2) is 0 Å². The van der Waals surface area contributed by atoms with E-state index in [0.29, 0.717) is 42.3 Å². The number of hydrogen-bond acceptors (Lipinski definition) is 8. The Balaban J connectivity index is 1.49. The number of carbonyl (C=O) groups excluding carboxylic acids is 1. The molecule has 3 N–H and O–H groups in total. The number of amides is 1. The van der Waals surface area contributed by atoms with Gasteiger partial charge in [0, 0.05) is 35.6 Å². The van der Waals surface area contributed by atoms with Gasteiger partial charge in [0.1, 0.15) is 0 Å². The van der Waals surface area contributed by atoms with Gasteiger partial charge in [0.25, 0.3) is 10.0 Å². The van der Waals surface area contributed by atoms with Gasteiger partial charge in [-0.3, -0.25) is 4.79 Å². The molecule has 0 atom stereocenters. The molecule has 0 saturated carbocycles. The van der Waals surface area contributed by atoms with Gasteiger partial charge in [-0.25, -0.2) is 23.1 Å². The fourth-order valence-electron chi connectivity index (χ4n) is 2.89. The van der Waals surface area contributed by atoms with Crippen LogP contribution in [0.3, 0.4) is 0 Å². The lowest BCUT2D eigenvalue weighted by Crippen LogP contribution is -2.15. The Hall–Kier alpha value is -3.47. The van der Waals surface area contributed by atoms with Crippen molar-refractivity contribution in [2.45, 2.75) is 45.4 Å². The number of rotatable bonds is 9. The van der Waals surface area contributed by atoms with Crippen molar-refractivity contribution in [3.8, 4) is 0 Å². The first-order chi connectivity index (χ1) is 15.1. The molecule has 0 saturated heterocycles. The van der Waals surface area contributed by atoms with Crippen molar-refractivity contribution < 1.29 is 17.7 Å². The van der Waals surface area contributed by atoms with Gasteiger partial charge in [-0.15, -0.1) is 0 Å². The first kappa shape index (κ1) is 23.2. The first-order valence-corrected chi connectivity index (χ1v) is 11.5. The van der Waals surface area contributed by atoms with Crippen molar-refractivity contribution in [1.82, 2.24) is 15.1 Å². The Morgan fingerprint density at radius 2 is 1.69 bits per heavy atom. The normalized spacial score (nSPS) is 11.2. The zero-order valence-corrected chi connectivity index (χ0v) is 19.2. The van der Waals surface area contributed by atoms with Crippen molar-refractivity contribution in [3.63, 3.8) is 0 Å². The maximum Gasteiger partial charge on any atom is 0.264 e. The molecule has 0 radical (unpaired) electrons. The first-order valence-electron chi connectivity index (χ1n) is 10.1. The fraction of sp³-hybridized carbons (Fsp3) is 0.333. The zero-order valence-electron chi connectivity index (χ0n) is 18.4. The highest BCUT2D eigenvalue weighted by Crippen LogP contribution is 2.22. The summed E-state index contributed by atoms with van der Waals surface area (Å²) in [5, 5.41) is 9.60. The van der Waals surface area contributed by atoms with E-state index < -0.39 is 10.0 Å². The standard InChI is InChI=1S/C21H26N6O4S/c1-13-12-14(2)24-21(23-13)22-11-5-6-19(28)25-17-7-9-18(10-8-17)32(29,30)27-20-15(3)16(4)26-31-20/h7-10,12,27H,5-6,11H2,1-4H3,(H,25,28)(H,22,23,24). The quantitative estimate of drug-likeness (QED) is 0.415. The number of nitrogens with one attached hydrogen (secondary N) is 3. The molecule has 0 unspecified atom stereocenters. The van der Waals surface area contributed by atoms with E-state index in [-0.39, 0.29) is 16.7 Å². The minimum Gasteiger partial charge on any atom is -0.354 e. The number of hydrogen-bond donors (Lipinski definition) is 3. The van der Waals surface area contributed by atoms with E-state index in [2.05, 4.69) is 30.5 Å². The van der Waals surface area contributed by atoms with Crippen molar-refractivity contribution in [2.75, 3.05) is 21.9 Å². The SMILES string of the molecule is Cc1cc(C)nc(NCCCC(=O)Nc2ccc(S(=O)(=O)Nc3onc(C)c3C)cc2)n1. The number of aromatic nitrogens is 3. The lowest BCUT2D eigenvalue weighted by atomic mass is 10.2. The van der Waals surface area contributed by atoms with Crippen LogP contribution < -0.4 is 15.4 Å². The second-order valence-corrected chi connectivity index (χ2v) is 9.09. The number of carbonyl (C=O) groups is 1. The van der Waals surface area contributed by atoms with Gasteiger partial charge in [0.05, 0.1) is 10.6 Å². The summed E-state index contributed by atoms with van der Waals surface area (Å²) in [6.07, 6.45) is 0.887. The Morgan fingerprint density at radius 1 is 1.03 bits per heavy atom. The Morgan fingerprint density at radius 3 is 2.28 bits per heavy atom. The van der Waals surface area contributed by atoms with Crippen molar-refractivity contribution >= 4 is 33.5 Å². The number of sulfonamides is 1. The summed E-state index contributed by atoms with van der Waals surface area (Å²) in [5.41, 5.74) is 3.49. The van der Waals surface area contributed by atoms with Crippen LogP contribution in [0.5, 0.6) is 0 Å². The van der Waals surface area contributed by atoms with Crippen LogP contribution in [0.4, 0.5) is 17.5 Å². The maximum atomic E-state index is 12.5. The Bertz CT molecular complexity index is 1190. The van der Waals surface area contributed by atoms with Gasteiger partial charge >= 0.3 is 0 Å². The summed E-state index contributed by atoms with van der Waals surface area (Å²) in [6, 6.07) is 7.78. The molecular weight excluding hydrogens is 432 g/mol. The smallest absolute Gasteiger partial charge is 0.264 e. The maximum absolute atomic E-state index is 12.5. The Kier molecular flexibility index (Phi) is 7.08. The van der Waals surface area contributed by atoms with Crippen LogP contribution in [0, 0.1) is 27.7 Å². The number of nitrogens with zero attached hydrogens (tertiary/aromatic N) is 3. The van der Waals surface area contributed by atoms with E-state index in [9.17, 15) is 13.2 Å². The zero-order chi connectivity index (χ0) is 23.3. The van der Waals surface area contributed by atoms with E-state index in [1.165, 1.54) is 24.3 Å². The second kappa shape index (κ2) is 9.77. The summed E-state index contributed by atoms with van der Waals surface area (Å²) in [5.74, 6) is 0.457. The van der Waals surface area contributed by atoms with Crippen molar-refractivity contribution in [3.05, 3.63) is 53.0 Å². The van der Waals surface area contributed by atoms with E-state index in [0.717, 1.165) is 11.4 Å². The molecule has 11 heteroatoms. The molecule has 32 heavy (non-hydrogen) atoms. The van der Waals surface area contributed by atoms with Crippen LogP contribution in [0.15, 0.2) is 39.8 Å². The van der Waals surface area contributed by atoms with Crippen LogP contribution in [-0.2, 0) is 14.8 Å². The monoisotopic (exact) mass is 458 g/mol. The summed E-state index contributed by atoms with van der Waals surface area (Å²) in [7, 11) is -3.83. The van der Waals surface area contributed by atoms with Gasteiger partial charge in [-0.1, -0.05) is 5.16 Å². The van der Waals surface area contributed by atoms with E-state index in [4.69, 9.17) is 4.52 Å². The van der Waals surface area contributed by atoms with E-state index in [1.54, 1.807) is 13.8 Å². The molecule has 10 nitrogen and oxygen atoms in total. The van der Waals surface area contributed by atoms with E-state index in [1.807, 2.05) is 19.9 Å². The van der Waals surface area contributed by atoms with Crippen LogP contribution in [0.2, 0.25) is 0 Å². The predicted molar refractivity (Wildman–Crippen MR) is 121 cm³/mol. The molecular formula is C21H26N6O4S. The third-order valence-corrected chi connectivity index (χ3v) is 6.03. The number of anilines is 3. The average Bonchev–Trinajstić information content (AvgIpc) is 3.02.